The van der Waals surface area contributed by atoms with Crippen molar-refractivity contribution in [3.8, 4) is 0 Å². The highest BCUT2D eigenvalue weighted by atomic mass is 28.4. The minimum Gasteiger partial charge on any atom is -0.394 e. The molecule has 0 atom stereocenters. The molecule has 0 amide bonds. The van der Waals surface area contributed by atoms with Crippen molar-refractivity contribution in [1.29, 1.82) is 0 Å². The Morgan fingerprint density at radius 2 is 1.15 bits per heavy atom. The van der Waals surface area contributed by atoms with Crippen molar-refractivity contribution < 1.29 is 8.85 Å². The smallest absolute Gasteiger partial charge is 0.344 e. The molecular weight excluding hydrogens is 348 g/mol. The summed E-state index contributed by atoms with van der Waals surface area (Å²) in [6.45, 7) is 4.22. The average Bonchev–Trinajstić information content (AvgIpc) is 3.28. The second-order valence-electron chi connectivity index (χ2n) is 10.2. The van der Waals surface area contributed by atoms with E-state index in [1.807, 2.05) is 0 Å². The summed E-state index contributed by atoms with van der Waals surface area (Å²) in [4.78, 5) is 0. The lowest BCUT2D eigenvalue weighted by Crippen LogP contribution is -2.51. The molecule has 0 heterocycles. The highest BCUT2D eigenvalue weighted by molar-refractivity contribution is 6.70. The van der Waals surface area contributed by atoms with Crippen molar-refractivity contribution in [2.24, 2.45) is 17.8 Å². The summed E-state index contributed by atoms with van der Waals surface area (Å²) < 4.78 is 13.9. The number of hydrogen-bond acceptors (Lipinski definition) is 2. The molecule has 0 aromatic carbocycles. The Balaban J connectivity index is 1.42. The molecule has 0 bridgehead atoms. The van der Waals surface area contributed by atoms with Crippen LogP contribution in [-0.4, -0.2) is 21.8 Å². The molecule has 0 unspecified atom stereocenters. The predicted octanol–water partition coefficient (Wildman–Crippen LogP) is 7.37. The third kappa shape index (κ3) is 4.51. The highest BCUT2D eigenvalue weighted by Gasteiger charge is 2.53. The van der Waals surface area contributed by atoms with E-state index in [-0.39, 0.29) is 0 Å². The van der Waals surface area contributed by atoms with Gasteiger partial charge in [0.2, 0.25) is 0 Å². The summed E-state index contributed by atoms with van der Waals surface area (Å²) >= 11 is 0. The Kier molecular flexibility index (Phi) is 7.38. The average molecular weight is 393 g/mol. The number of hydrogen-bond donors (Lipinski definition) is 0. The van der Waals surface area contributed by atoms with Gasteiger partial charge in [-0.1, -0.05) is 71.1 Å². The Morgan fingerprint density at radius 1 is 0.667 bits per heavy atom. The van der Waals surface area contributed by atoms with Gasteiger partial charge in [-0.3, -0.25) is 0 Å². The van der Waals surface area contributed by atoms with Crippen LogP contribution in [0.3, 0.4) is 0 Å². The van der Waals surface area contributed by atoms with Gasteiger partial charge in [-0.15, -0.1) is 0 Å². The maximum atomic E-state index is 7.08. The third-order valence-electron chi connectivity index (χ3n) is 8.67. The van der Waals surface area contributed by atoms with Crippen molar-refractivity contribution in [3.05, 3.63) is 0 Å². The van der Waals surface area contributed by atoms with Gasteiger partial charge in [-0.25, -0.2) is 0 Å². The SMILES string of the molecule is CCCO[Si](OCCC(C1CCC1)C1CCC1)(C1CCCC1)C1CCCC1. The van der Waals surface area contributed by atoms with Crippen LogP contribution in [0.4, 0.5) is 0 Å². The minimum absolute atomic E-state index is 0.790. The third-order valence-corrected chi connectivity index (χ3v) is 13.4. The van der Waals surface area contributed by atoms with Crippen LogP contribution in [-0.2, 0) is 8.85 Å². The zero-order valence-electron chi connectivity index (χ0n) is 17.9. The van der Waals surface area contributed by atoms with E-state index in [0.29, 0.717) is 0 Å². The highest BCUT2D eigenvalue weighted by Crippen LogP contribution is 2.52. The molecule has 27 heavy (non-hydrogen) atoms. The number of rotatable bonds is 11. The van der Waals surface area contributed by atoms with Crippen LogP contribution in [0.5, 0.6) is 0 Å². The van der Waals surface area contributed by atoms with Crippen molar-refractivity contribution >= 4 is 8.56 Å². The van der Waals surface area contributed by atoms with Gasteiger partial charge in [-0.2, -0.15) is 0 Å². The van der Waals surface area contributed by atoms with Gasteiger partial charge in [-0.05, 0) is 56.3 Å². The molecule has 4 fully saturated rings. The molecule has 0 aliphatic heterocycles. The Hall–Kier alpha value is 0.137. The zero-order valence-corrected chi connectivity index (χ0v) is 18.9. The lowest BCUT2D eigenvalue weighted by atomic mass is 9.63. The van der Waals surface area contributed by atoms with E-state index >= 15 is 0 Å². The molecule has 3 heteroatoms. The Labute approximate surface area is 169 Å². The topological polar surface area (TPSA) is 18.5 Å². The lowest BCUT2D eigenvalue weighted by molar-refractivity contribution is 0.0607. The molecule has 4 aliphatic rings. The monoisotopic (exact) mass is 392 g/mol. The molecule has 0 radical (unpaired) electrons. The van der Waals surface area contributed by atoms with E-state index in [2.05, 4.69) is 6.92 Å². The summed E-state index contributed by atoms with van der Waals surface area (Å²) in [5.41, 5.74) is 1.58. The summed E-state index contributed by atoms with van der Waals surface area (Å²) in [5, 5.41) is 0. The van der Waals surface area contributed by atoms with Crippen molar-refractivity contribution in [1.82, 2.24) is 0 Å². The fourth-order valence-electron chi connectivity index (χ4n) is 6.71. The molecular formula is C24H44O2Si. The standard InChI is InChI=1S/C24H44O2Si/c1-2-18-25-27(22-13-3-4-14-22,23-15-5-6-16-23)26-19-17-24(20-9-7-10-20)21-11-8-12-21/h20-24H,2-19H2,1H3. The molecule has 4 aliphatic carbocycles. The molecule has 0 N–H and O–H groups in total. The summed E-state index contributed by atoms with van der Waals surface area (Å²) in [6, 6.07) is 0. The van der Waals surface area contributed by atoms with Crippen LogP contribution in [0.25, 0.3) is 0 Å². The maximum Gasteiger partial charge on any atom is 0.344 e. The van der Waals surface area contributed by atoms with E-state index in [4.69, 9.17) is 8.85 Å². The summed E-state index contributed by atoms with van der Waals surface area (Å²) in [7, 11) is -2.07. The van der Waals surface area contributed by atoms with E-state index in [1.54, 1.807) is 0 Å². The normalized spacial score (nSPS) is 26.0. The van der Waals surface area contributed by atoms with E-state index in [1.165, 1.54) is 96.3 Å². The van der Waals surface area contributed by atoms with Crippen LogP contribution < -0.4 is 0 Å². The largest absolute Gasteiger partial charge is 0.394 e. The molecule has 0 aromatic rings. The quantitative estimate of drug-likeness (QED) is 0.342. The van der Waals surface area contributed by atoms with Crippen molar-refractivity contribution in [2.75, 3.05) is 13.2 Å². The summed E-state index contributed by atoms with van der Waals surface area (Å²) in [6.07, 6.45) is 22.7. The van der Waals surface area contributed by atoms with Crippen LogP contribution in [0.1, 0.15) is 110 Å². The molecule has 0 saturated heterocycles. The molecule has 4 rings (SSSR count). The van der Waals surface area contributed by atoms with Crippen LogP contribution in [0.2, 0.25) is 11.1 Å². The van der Waals surface area contributed by atoms with Gasteiger partial charge in [0.05, 0.1) is 0 Å². The van der Waals surface area contributed by atoms with Crippen molar-refractivity contribution in [3.63, 3.8) is 0 Å². The van der Waals surface area contributed by atoms with Crippen LogP contribution >= 0.6 is 0 Å². The van der Waals surface area contributed by atoms with Crippen LogP contribution in [0.15, 0.2) is 0 Å². The van der Waals surface area contributed by atoms with Gasteiger partial charge in [0.1, 0.15) is 0 Å². The van der Waals surface area contributed by atoms with Gasteiger partial charge in [0, 0.05) is 24.3 Å². The Morgan fingerprint density at radius 3 is 1.56 bits per heavy atom. The van der Waals surface area contributed by atoms with Gasteiger partial charge in [0.15, 0.2) is 0 Å². The predicted molar refractivity (Wildman–Crippen MR) is 115 cm³/mol. The van der Waals surface area contributed by atoms with E-state index < -0.39 is 8.56 Å². The second kappa shape index (κ2) is 9.76. The van der Waals surface area contributed by atoms with Gasteiger partial charge < -0.3 is 8.85 Å². The minimum atomic E-state index is -2.07. The fraction of sp³-hybridized carbons (Fsp3) is 1.00. The summed E-state index contributed by atoms with van der Waals surface area (Å²) in [5.74, 6) is 3.03. The second-order valence-corrected chi connectivity index (χ2v) is 13.9. The molecule has 2 nitrogen and oxygen atoms in total. The van der Waals surface area contributed by atoms with Crippen molar-refractivity contribution in [2.45, 2.75) is 121 Å². The first-order valence-electron chi connectivity index (χ1n) is 12.6. The first kappa shape index (κ1) is 20.4. The fourth-order valence-corrected chi connectivity index (χ4v) is 11.8. The van der Waals surface area contributed by atoms with Gasteiger partial charge >= 0.3 is 8.56 Å². The first-order chi connectivity index (χ1) is 13.3. The maximum absolute atomic E-state index is 7.08. The molecule has 0 aromatic heterocycles. The Bertz CT molecular complexity index is 404. The van der Waals surface area contributed by atoms with E-state index in [9.17, 15) is 0 Å². The zero-order chi connectivity index (χ0) is 18.5. The van der Waals surface area contributed by atoms with Crippen LogP contribution in [0, 0.1) is 17.8 Å². The lowest BCUT2D eigenvalue weighted by Gasteiger charge is -2.44. The van der Waals surface area contributed by atoms with Gasteiger partial charge in [0.25, 0.3) is 0 Å². The van der Waals surface area contributed by atoms with E-state index in [0.717, 1.165) is 48.5 Å². The molecule has 0 spiro atoms. The molecule has 156 valence electrons. The molecule has 4 saturated carbocycles. The first-order valence-corrected chi connectivity index (χ1v) is 14.6.